The van der Waals surface area contributed by atoms with E-state index in [1.54, 1.807) is 6.92 Å². The molecule has 1 rings (SSSR count). The van der Waals surface area contributed by atoms with E-state index in [9.17, 15) is 13.6 Å². The number of carbonyl (C=O) groups excluding carboxylic acids is 1. The number of ether oxygens (including phenoxy) is 1. The normalized spacial score (nSPS) is 11.3. The largest absolute Gasteiger partial charge is 0.495 e. The maximum atomic E-state index is 13.2. The van der Waals surface area contributed by atoms with Gasteiger partial charge in [0.2, 0.25) is 0 Å². The Morgan fingerprint density at radius 1 is 1.40 bits per heavy atom. The molecule has 0 aliphatic carbocycles. The van der Waals surface area contributed by atoms with Crippen molar-refractivity contribution in [3.05, 3.63) is 28.8 Å². The van der Waals surface area contributed by atoms with Crippen LogP contribution in [0.2, 0.25) is 0 Å². The maximum Gasteiger partial charge on any atom is 0.274 e. The van der Waals surface area contributed by atoms with Gasteiger partial charge in [-0.3, -0.25) is 4.79 Å². The topological polar surface area (TPSA) is 26.3 Å². The minimum atomic E-state index is -3.02. The Hall–Kier alpha value is -1.45. The number of alkyl halides is 2. The third-order valence-corrected chi connectivity index (χ3v) is 2.21. The fourth-order valence-corrected chi connectivity index (χ4v) is 1.41. The molecule has 0 heterocycles. The van der Waals surface area contributed by atoms with E-state index < -0.39 is 5.92 Å². The summed E-state index contributed by atoms with van der Waals surface area (Å²) in [5, 5.41) is 0. The van der Waals surface area contributed by atoms with Gasteiger partial charge in [-0.1, -0.05) is 6.07 Å². The standard InChI is InChI=1S/C11H12F2O2/c1-7-4-5-9(11(2,12)13)10(15-3)8(7)6-14/h4-6H,1-3H3. The van der Waals surface area contributed by atoms with Crippen LogP contribution in [0, 0.1) is 6.92 Å². The van der Waals surface area contributed by atoms with Crippen molar-refractivity contribution in [2.75, 3.05) is 7.11 Å². The van der Waals surface area contributed by atoms with E-state index in [2.05, 4.69) is 0 Å². The molecular weight excluding hydrogens is 202 g/mol. The van der Waals surface area contributed by atoms with Crippen LogP contribution in [0.5, 0.6) is 5.75 Å². The van der Waals surface area contributed by atoms with Gasteiger partial charge in [0.1, 0.15) is 5.75 Å². The molecule has 4 heteroatoms. The molecule has 15 heavy (non-hydrogen) atoms. The molecule has 2 nitrogen and oxygen atoms in total. The van der Waals surface area contributed by atoms with E-state index in [-0.39, 0.29) is 16.9 Å². The summed E-state index contributed by atoms with van der Waals surface area (Å²) in [6.45, 7) is 2.44. The van der Waals surface area contributed by atoms with Crippen molar-refractivity contribution in [2.45, 2.75) is 19.8 Å². The molecule has 0 bridgehead atoms. The van der Waals surface area contributed by atoms with Gasteiger partial charge in [0.05, 0.1) is 18.2 Å². The van der Waals surface area contributed by atoms with Crippen LogP contribution >= 0.6 is 0 Å². The van der Waals surface area contributed by atoms with Crippen LogP contribution in [0.1, 0.15) is 28.4 Å². The Morgan fingerprint density at radius 2 is 2.00 bits per heavy atom. The van der Waals surface area contributed by atoms with Crippen molar-refractivity contribution in [1.29, 1.82) is 0 Å². The first-order valence-corrected chi connectivity index (χ1v) is 4.43. The number of aldehydes is 1. The van der Waals surface area contributed by atoms with E-state index in [4.69, 9.17) is 4.74 Å². The van der Waals surface area contributed by atoms with Gasteiger partial charge in [-0.2, -0.15) is 0 Å². The summed E-state index contributed by atoms with van der Waals surface area (Å²) >= 11 is 0. The number of aryl methyl sites for hydroxylation is 1. The van der Waals surface area contributed by atoms with E-state index in [1.165, 1.54) is 19.2 Å². The van der Waals surface area contributed by atoms with E-state index >= 15 is 0 Å². The van der Waals surface area contributed by atoms with Gasteiger partial charge in [0, 0.05) is 6.92 Å². The van der Waals surface area contributed by atoms with Crippen LogP contribution < -0.4 is 4.74 Å². The lowest BCUT2D eigenvalue weighted by Crippen LogP contribution is -2.11. The third kappa shape index (κ3) is 2.14. The van der Waals surface area contributed by atoms with Gasteiger partial charge >= 0.3 is 0 Å². The van der Waals surface area contributed by atoms with Crippen LogP contribution in [0.3, 0.4) is 0 Å². The summed E-state index contributed by atoms with van der Waals surface area (Å²) in [6.07, 6.45) is 0.531. The number of hydrogen-bond donors (Lipinski definition) is 0. The second-order valence-corrected chi connectivity index (χ2v) is 3.38. The number of rotatable bonds is 3. The van der Waals surface area contributed by atoms with Crippen LogP contribution in [-0.4, -0.2) is 13.4 Å². The number of methoxy groups -OCH3 is 1. The van der Waals surface area contributed by atoms with Crippen LogP contribution in [0.4, 0.5) is 8.78 Å². The number of carbonyl (C=O) groups is 1. The fourth-order valence-electron chi connectivity index (χ4n) is 1.41. The smallest absolute Gasteiger partial charge is 0.274 e. The highest BCUT2D eigenvalue weighted by Crippen LogP contribution is 2.37. The SMILES string of the molecule is COc1c(C(C)(F)F)ccc(C)c1C=O. The second-order valence-electron chi connectivity index (χ2n) is 3.38. The monoisotopic (exact) mass is 214 g/mol. The molecule has 0 amide bonds. The molecule has 82 valence electrons. The van der Waals surface area contributed by atoms with E-state index in [0.717, 1.165) is 6.92 Å². The average molecular weight is 214 g/mol. The predicted molar refractivity (Wildman–Crippen MR) is 52.7 cm³/mol. The number of hydrogen-bond acceptors (Lipinski definition) is 2. The van der Waals surface area contributed by atoms with Crippen molar-refractivity contribution in [3.8, 4) is 5.75 Å². The zero-order chi connectivity index (χ0) is 11.6. The average Bonchev–Trinajstić information content (AvgIpc) is 2.15. The minimum Gasteiger partial charge on any atom is -0.495 e. The van der Waals surface area contributed by atoms with Gasteiger partial charge in [-0.25, -0.2) is 8.78 Å². The lowest BCUT2D eigenvalue weighted by molar-refractivity contribution is 0.0150. The first-order valence-electron chi connectivity index (χ1n) is 4.43. The lowest BCUT2D eigenvalue weighted by atomic mass is 10.0. The highest BCUT2D eigenvalue weighted by molar-refractivity contribution is 5.82. The molecule has 0 spiro atoms. The molecule has 0 fully saturated rings. The summed E-state index contributed by atoms with van der Waals surface area (Å²) in [7, 11) is 1.27. The predicted octanol–water partition coefficient (Wildman–Crippen LogP) is 2.93. The third-order valence-electron chi connectivity index (χ3n) is 2.21. The molecule has 0 aliphatic rings. The molecule has 0 aromatic heterocycles. The first kappa shape index (κ1) is 11.6. The number of halogens is 2. The Morgan fingerprint density at radius 3 is 2.40 bits per heavy atom. The summed E-state index contributed by atoms with van der Waals surface area (Å²) in [5.41, 5.74) is 0.532. The Kier molecular flexibility index (Phi) is 3.07. The first-order chi connectivity index (χ1) is 6.91. The second kappa shape index (κ2) is 3.96. The van der Waals surface area contributed by atoms with Gasteiger partial charge < -0.3 is 4.74 Å². The van der Waals surface area contributed by atoms with Crippen molar-refractivity contribution in [3.63, 3.8) is 0 Å². The maximum absolute atomic E-state index is 13.2. The summed E-state index contributed by atoms with van der Waals surface area (Å²) in [5.74, 6) is -3.06. The lowest BCUT2D eigenvalue weighted by Gasteiger charge is -2.17. The molecule has 0 aliphatic heterocycles. The highest BCUT2D eigenvalue weighted by atomic mass is 19.3. The Bertz CT molecular complexity index is 381. The van der Waals surface area contributed by atoms with Gasteiger partial charge in [0.25, 0.3) is 5.92 Å². The Labute approximate surface area is 86.9 Å². The van der Waals surface area contributed by atoms with Gasteiger partial charge in [-0.15, -0.1) is 0 Å². The van der Waals surface area contributed by atoms with Crippen molar-refractivity contribution < 1.29 is 18.3 Å². The molecule has 1 aromatic carbocycles. The fraction of sp³-hybridized carbons (Fsp3) is 0.364. The molecule has 0 saturated carbocycles. The molecular formula is C11H12F2O2. The summed E-state index contributed by atoms with van der Waals surface area (Å²) in [4.78, 5) is 10.8. The van der Waals surface area contributed by atoms with Crippen molar-refractivity contribution in [2.24, 2.45) is 0 Å². The van der Waals surface area contributed by atoms with Crippen molar-refractivity contribution >= 4 is 6.29 Å². The van der Waals surface area contributed by atoms with E-state index in [1.807, 2.05) is 0 Å². The molecule has 0 atom stereocenters. The van der Waals surface area contributed by atoms with Gasteiger partial charge in [-0.05, 0) is 18.6 Å². The van der Waals surface area contributed by atoms with Crippen molar-refractivity contribution in [1.82, 2.24) is 0 Å². The Balaban J connectivity index is 3.49. The zero-order valence-electron chi connectivity index (χ0n) is 8.80. The highest BCUT2D eigenvalue weighted by Gasteiger charge is 2.30. The minimum absolute atomic E-state index is 0.0440. The molecule has 0 N–H and O–H groups in total. The number of benzene rings is 1. The summed E-state index contributed by atoms with van der Waals surface area (Å²) < 4.78 is 31.2. The molecule has 0 saturated heterocycles. The quantitative estimate of drug-likeness (QED) is 0.723. The zero-order valence-corrected chi connectivity index (χ0v) is 8.80. The molecule has 0 unspecified atom stereocenters. The van der Waals surface area contributed by atoms with E-state index in [0.29, 0.717) is 11.8 Å². The van der Waals surface area contributed by atoms with Crippen LogP contribution in [-0.2, 0) is 5.92 Å². The van der Waals surface area contributed by atoms with Crippen LogP contribution in [0.15, 0.2) is 12.1 Å². The molecule has 1 aromatic rings. The van der Waals surface area contributed by atoms with Gasteiger partial charge in [0.15, 0.2) is 6.29 Å². The summed E-state index contributed by atoms with van der Waals surface area (Å²) in [6, 6.07) is 2.76. The van der Waals surface area contributed by atoms with Crippen LogP contribution in [0.25, 0.3) is 0 Å². The molecule has 0 radical (unpaired) electrons.